The van der Waals surface area contributed by atoms with Crippen LogP contribution in [0.3, 0.4) is 0 Å². The molecule has 0 spiro atoms. The van der Waals surface area contributed by atoms with Gasteiger partial charge in [-0.2, -0.15) is 0 Å². The topological polar surface area (TPSA) is 63.6 Å². The number of nitrogens with zero attached hydrogens (tertiary/aromatic N) is 1. The van der Waals surface area contributed by atoms with Crippen molar-refractivity contribution >= 4 is 15.9 Å². The van der Waals surface area contributed by atoms with Crippen LogP contribution in [0.2, 0.25) is 0 Å². The average Bonchev–Trinajstić information content (AvgIpc) is 2.26. The van der Waals surface area contributed by atoms with E-state index >= 15 is 0 Å². The van der Waals surface area contributed by atoms with Gasteiger partial charge in [0.25, 0.3) is 0 Å². The fraction of sp³-hybridized carbons (Fsp3) is 0.833. The Morgan fingerprint density at radius 3 is 2.73 bits per heavy atom. The van der Waals surface area contributed by atoms with E-state index in [2.05, 4.69) is 4.99 Å². The second kappa shape index (κ2) is 3.15. The van der Waals surface area contributed by atoms with Crippen LogP contribution in [0.1, 0.15) is 6.42 Å². The molecule has 0 aromatic rings. The molecule has 11 heavy (non-hydrogen) atoms. The molecule has 0 aromatic heterocycles. The van der Waals surface area contributed by atoms with Crippen molar-refractivity contribution in [3.05, 3.63) is 0 Å². The van der Waals surface area contributed by atoms with Gasteiger partial charge in [0.15, 0.2) is 9.84 Å². The van der Waals surface area contributed by atoms with Crippen molar-refractivity contribution in [1.29, 1.82) is 0 Å². The van der Waals surface area contributed by atoms with E-state index in [0.717, 1.165) is 0 Å². The summed E-state index contributed by atoms with van der Waals surface area (Å²) in [5, 5.41) is 0. The van der Waals surface area contributed by atoms with Crippen molar-refractivity contribution in [2.45, 2.75) is 6.42 Å². The minimum Gasteiger partial charge on any atom is -0.229 e. The summed E-state index contributed by atoms with van der Waals surface area (Å²) in [6.45, 7) is 0.308. The molecule has 1 fully saturated rings. The molecule has 62 valence electrons. The van der Waals surface area contributed by atoms with Gasteiger partial charge in [-0.3, -0.25) is 0 Å². The highest BCUT2D eigenvalue weighted by atomic mass is 32.2. The number of hydrogen-bond acceptors (Lipinski definition) is 4. The van der Waals surface area contributed by atoms with Crippen molar-refractivity contribution in [3.8, 4) is 0 Å². The van der Waals surface area contributed by atoms with E-state index in [0.29, 0.717) is 13.0 Å². The SMILES string of the molecule is O=C=NC[C@@H]1CCS(=O)(=O)C1. The smallest absolute Gasteiger partial charge is 0.229 e. The van der Waals surface area contributed by atoms with Gasteiger partial charge in [0.1, 0.15) is 0 Å². The van der Waals surface area contributed by atoms with Gasteiger partial charge in [-0.15, -0.1) is 0 Å². The molecular weight excluding hydrogens is 166 g/mol. The monoisotopic (exact) mass is 175 g/mol. The van der Waals surface area contributed by atoms with Crippen LogP contribution in [-0.2, 0) is 14.6 Å². The van der Waals surface area contributed by atoms with E-state index in [1.165, 1.54) is 6.08 Å². The third-order valence-electron chi connectivity index (χ3n) is 1.74. The lowest BCUT2D eigenvalue weighted by atomic mass is 10.1. The number of carbonyl (C=O) groups excluding carboxylic acids is 1. The first-order chi connectivity index (χ1) is 5.14. The molecular formula is C6H9NO3S. The second-order valence-corrected chi connectivity index (χ2v) is 4.93. The summed E-state index contributed by atoms with van der Waals surface area (Å²) >= 11 is 0. The zero-order valence-electron chi connectivity index (χ0n) is 5.99. The third-order valence-corrected chi connectivity index (χ3v) is 3.58. The van der Waals surface area contributed by atoms with Crippen LogP contribution in [0.15, 0.2) is 4.99 Å². The third kappa shape index (κ3) is 2.44. The minimum absolute atomic E-state index is 0.0430. The summed E-state index contributed by atoms with van der Waals surface area (Å²) in [4.78, 5) is 13.0. The molecule has 0 aliphatic carbocycles. The molecule has 0 radical (unpaired) electrons. The molecule has 1 aliphatic heterocycles. The average molecular weight is 175 g/mol. The van der Waals surface area contributed by atoms with Crippen molar-refractivity contribution in [2.75, 3.05) is 18.1 Å². The van der Waals surface area contributed by atoms with Gasteiger partial charge in [0.2, 0.25) is 6.08 Å². The lowest BCUT2D eigenvalue weighted by molar-refractivity contribution is 0.553. The zero-order chi connectivity index (χ0) is 8.32. The van der Waals surface area contributed by atoms with Crippen LogP contribution in [0.4, 0.5) is 0 Å². The molecule has 1 heterocycles. The fourth-order valence-corrected chi connectivity index (χ4v) is 3.03. The molecule has 5 heteroatoms. The van der Waals surface area contributed by atoms with E-state index in [9.17, 15) is 13.2 Å². The number of sulfone groups is 1. The Kier molecular flexibility index (Phi) is 2.42. The van der Waals surface area contributed by atoms with E-state index in [1.807, 2.05) is 0 Å². The summed E-state index contributed by atoms with van der Waals surface area (Å²) in [6, 6.07) is 0. The van der Waals surface area contributed by atoms with Gasteiger partial charge in [-0.1, -0.05) is 0 Å². The molecule has 1 aliphatic rings. The molecule has 0 N–H and O–H groups in total. The normalized spacial score (nSPS) is 27.8. The van der Waals surface area contributed by atoms with E-state index in [4.69, 9.17) is 0 Å². The van der Waals surface area contributed by atoms with E-state index in [-0.39, 0.29) is 17.4 Å². The first-order valence-corrected chi connectivity index (χ1v) is 5.20. The highest BCUT2D eigenvalue weighted by Gasteiger charge is 2.27. The number of aliphatic imine (C=N–C) groups is 1. The Morgan fingerprint density at radius 2 is 2.27 bits per heavy atom. The first kappa shape index (κ1) is 8.43. The lowest BCUT2D eigenvalue weighted by Gasteiger charge is -1.98. The minimum atomic E-state index is -2.82. The van der Waals surface area contributed by atoms with Crippen LogP contribution in [-0.4, -0.2) is 32.5 Å². The fourth-order valence-electron chi connectivity index (χ4n) is 1.18. The largest absolute Gasteiger partial charge is 0.234 e. The molecule has 0 bridgehead atoms. The predicted molar refractivity (Wildman–Crippen MR) is 39.7 cm³/mol. The quantitative estimate of drug-likeness (QED) is 0.429. The maximum Gasteiger partial charge on any atom is 0.234 e. The number of isocyanates is 1. The Hall–Kier alpha value is -0.670. The highest BCUT2D eigenvalue weighted by molar-refractivity contribution is 7.91. The summed E-state index contributed by atoms with van der Waals surface area (Å²) in [7, 11) is -2.82. The van der Waals surface area contributed by atoms with Crippen molar-refractivity contribution in [2.24, 2.45) is 10.9 Å². The van der Waals surface area contributed by atoms with Crippen molar-refractivity contribution < 1.29 is 13.2 Å². The Labute approximate surface area is 65.2 Å². The standard InChI is InChI=1S/C6H9NO3S/c8-5-7-3-6-1-2-11(9,10)4-6/h6H,1-4H2/t6-/m0/s1. The summed E-state index contributed by atoms with van der Waals surface area (Å²) in [5.41, 5.74) is 0. The van der Waals surface area contributed by atoms with Gasteiger partial charge in [0.05, 0.1) is 18.1 Å². The summed E-state index contributed by atoms with van der Waals surface area (Å²) < 4.78 is 21.7. The molecule has 0 saturated carbocycles. The summed E-state index contributed by atoms with van der Waals surface area (Å²) in [5.74, 6) is 0.464. The van der Waals surface area contributed by atoms with E-state index in [1.54, 1.807) is 0 Å². The Morgan fingerprint density at radius 1 is 1.55 bits per heavy atom. The van der Waals surface area contributed by atoms with Gasteiger partial charge >= 0.3 is 0 Å². The molecule has 0 amide bonds. The van der Waals surface area contributed by atoms with Crippen LogP contribution in [0.5, 0.6) is 0 Å². The lowest BCUT2D eigenvalue weighted by Crippen LogP contribution is -2.07. The molecule has 1 rings (SSSR count). The molecule has 1 atom stereocenters. The van der Waals surface area contributed by atoms with E-state index < -0.39 is 9.84 Å². The van der Waals surface area contributed by atoms with Gasteiger partial charge in [0, 0.05) is 0 Å². The maximum atomic E-state index is 10.9. The Bertz CT molecular complexity index is 276. The number of rotatable bonds is 2. The van der Waals surface area contributed by atoms with Gasteiger partial charge in [-0.05, 0) is 12.3 Å². The van der Waals surface area contributed by atoms with Gasteiger partial charge in [-0.25, -0.2) is 18.2 Å². The zero-order valence-corrected chi connectivity index (χ0v) is 6.80. The molecule has 1 saturated heterocycles. The predicted octanol–water partition coefficient (Wildman–Crippen LogP) is -0.243. The van der Waals surface area contributed by atoms with Crippen LogP contribution < -0.4 is 0 Å². The summed E-state index contributed by atoms with van der Waals surface area (Å²) in [6.07, 6.45) is 2.03. The second-order valence-electron chi connectivity index (χ2n) is 2.70. The molecule has 0 unspecified atom stereocenters. The maximum absolute atomic E-state index is 10.9. The molecule has 4 nitrogen and oxygen atoms in total. The van der Waals surface area contributed by atoms with Crippen LogP contribution in [0.25, 0.3) is 0 Å². The van der Waals surface area contributed by atoms with Crippen molar-refractivity contribution in [1.82, 2.24) is 0 Å². The molecule has 0 aromatic carbocycles. The first-order valence-electron chi connectivity index (χ1n) is 3.38. The van der Waals surface area contributed by atoms with Crippen molar-refractivity contribution in [3.63, 3.8) is 0 Å². The van der Waals surface area contributed by atoms with Gasteiger partial charge < -0.3 is 0 Å². The van der Waals surface area contributed by atoms with Crippen LogP contribution in [0, 0.1) is 5.92 Å². The van der Waals surface area contributed by atoms with Crippen LogP contribution >= 0.6 is 0 Å². The Balaban J connectivity index is 2.49. The number of hydrogen-bond donors (Lipinski definition) is 0. The highest BCUT2D eigenvalue weighted by Crippen LogP contribution is 2.17.